The molecule has 0 saturated heterocycles. The molecule has 0 aromatic carbocycles. The van der Waals surface area contributed by atoms with Gasteiger partial charge in [0.1, 0.15) is 0 Å². The van der Waals surface area contributed by atoms with Gasteiger partial charge < -0.3 is 11.1 Å². The maximum atomic E-state index is 10.4. The van der Waals surface area contributed by atoms with Gasteiger partial charge in [-0.05, 0) is 6.26 Å². The molecule has 0 fully saturated rings. The summed E-state index contributed by atoms with van der Waals surface area (Å²) in [6, 6.07) is 0. The summed E-state index contributed by atoms with van der Waals surface area (Å²) in [5.41, 5.74) is 5.11. The third-order valence-electron chi connectivity index (χ3n) is 0.599. The van der Waals surface area contributed by atoms with Crippen molar-refractivity contribution < 1.29 is 4.79 Å². The molecule has 0 unspecified atom stereocenters. The fraction of sp³-hybridized carbons (Fsp3) is 0.750. The minimum Gasteiger partial charge on any atom is -0.346 e. The van der Waals surface area contributed by atoms with Gasteiger partial charge in [0.2, 0.25) is 0 Å². The van der Waals surface area contributed by atoms with Crippen LogP contribution in [0.15, 0.2) is 0 Å². The predicted molar refractivity (Wildman–Crippen MR) is 36.0 cm³/mol. The van der Waals surface area contributed by atoms with E-state index in [1.165, 1.54) is 0 Å². The second-order valence-corrected chi connectivity index (χ2v) is 1.99. The Morgan fingerprint density at radius 2 is 2.50 bits per heavy atom. The van der Waals surface area contributed by atoms with Crippen LogP contribution >= 0.6 is 11.8 Å². The van der Waals surface area contributed by atoms with Crippen LogP contribution in [0.25, 0.3) is 0 Å². The quantitative estimate of drug-likeness (QED) is 0.559. The standard InChI is InChI=1S/C4H10N2OS/c1-8-4(7)6-3-2-5/h2-3,5H2,1H3,(H,6,7). The van der Waals surface area contributed by atoms with Gasteiger partial charge in [0.05, 0.1) is 0 Å². The van der Waals surface area contributed by atoms with Crippen molar-refractivity contribution in [3.05, 3.63) is 0 Å². The number of rotatable bonds is 2. The molecule has 0 spiro atoms. The summed E-state index contributed by atoms with van der Waals surface area (Å²) in [4.78, 5) is 10.4. The normalized spacial score (nSPS) is 8.75. The largest absolute Gasteiger partial charge is 0.346 e. The van der Waals surface area contributed by atoms with Crippen molar-refractivity contribution in [2.24, 2.45) is 5.73 Å². The molecule has 0 aliphatic rings. The average Bonchev–Trinajstić information content (AvgIpc) is 1.83. The molecule has 0 aliphatic heterocycles. The Morgan fingerprint density at radius 1 is 1.88 bits per heavy atom. The van der Waals surface area contributed by atoms with Crippen LogP contribution in [-0.2, 0) is 0 Å². The molecule has 3 nitrogen and oxygen atoms in total. The Kier molecular flexibility index (Phi) is 4.79. The summed E-state index contributed by atoms with van der Waals surface area (Å²) in [6.45, 7) is 1.08. The number of thioether (sulfide) groups is 1. The fourth-order valence-corrected chi connectivity index (χ4v) is 0.493. The third-order valence-corrected chi connectivity index (χ3v) is 1.11. The molecule has 0 heterocycles. The van der Waals surface area contributed by atoms with E-state index in [4.69, 9.17) is 5.73 Å². The summed E-state index contributed by atoms with van der Waals surface area (Å²) >= 11 is 1.16. The second-order valence-electron chi connectivity index (χ2n) is 1.21. The molecule has 0 aliphatic carbocycles. The highest BCUT2D eigenvalue weighted by atomic mass is 32.2. The van der Waals surface area contributed by atoms with Crippen molar-refractivity contribution in [3.63, 3.8) is 0 Å². The van der Waals surface area contributed by atoms with E-state index in [0.717, 1.165) is 11.8 Å². The van der Waals surface area contributed by atoms with E-state index in [0.29, 0.717) is 13.1 Å². The van der Waals surface area contributed by atoms with Gasteiger partial charge in [-0.2, -0.15) is 0 Å². The van der Waals surface area contributed by atoms with E-state index in [-0.39, 0.29) is 5.24 Å². The van der Waals surface area contributed by atoms with Gasteiger partial charge in [0.15, 0.2) is 0 Å². The Balaban J connectivity index is 2.99. The molecule has 0 aromatic heterocycles. The van der Waals surface area contributed by atoms with Crippen LogP contribution in [0.5, 0.6) is 0 Å². The minimum absolute atomic E-state index is 0.0181. The van der Waals surface area contributed by atoms with Crippen molar-refractivity contribution in [1.29, 1.82) is 0 Å². The van der Waals surface area contributed by atoms with Crippen LogP contribution in [0, 0.1) is 0 Å². The van der Waals surface area contributed by atoms with Gasteiger partial charge in [0.25, 0.3) is 5.24 Å². The third kappa shape index (κ3) is 3.95. The van der Waals surface area contributed by atoms with Gasteiger partial charge in [-0.25, -0.2) is 0 Å². The van der Waals surface area contributed by atoms with Crippen LogP contribution in [0.1, 0.15) is 0 Å². The molecule has 8 heavy (non-hydrogen) atoms. The molecular weight excluding hydrogens is 124 g/mol. The maximum absolute atomic E-state index is 10.4. The van der Waals surface area contributed by atoms with Crippen LogP contribution in [-0.4, -0.2) is 24.6 Å². The smallest absolute Gasteiger partial charge is 0.278 e. The lowest BCUT2D eigenvalue weighted by Gasteiger charge is -1.96. The number of nitrogens with two attached hydrogens (primary N) is 1. The first-order valence-electron chi connectivity index (χ1n) is 2.33. The Hall–Kier alpha value is -0.220. The van der Waals surface area contributed by atoms with Crippen molar-refractivity contribution in [2.75, 3.05) is 19.3 Å². The van der Waals surface area contributed by atoms with E-state index < -0.39 is 0 Å². The van der Waals surface area contributed by atoms with Gasteiger partial charge in [-0.15, -0.1) is 0 Å². The Morgan fingerprint density at radius 3 is 2.88 bits per heavy atom. The van der Waals surface area contributed by atoms with E-state index in [1.807, 2.05) is 0 Å². The molecule has 48 valence electrons. The predicted octanol–water partition coefficient (Wildman–Crippen LogP) is 0.0177. The summed E-state index contributed by atoms with van der Waals surface area (Å²) in [5, 5.41) is 2.56. The second kappa shape index (κ2) is 4.93. The number of hydrogen-bond acceptors (Lipinski definition) is 3. The molecule has 0 radical (unpaired) electrons. The van der Waals surface area contributed by atoms with Gasteiger partial charge in [-0.3, -0.25) is 4.79 Å². The van der Waals surface area contributed by atoms with Crippen LogP contribution in [0.2, 0.25) is 0 Å². The number of carbonyl (C=O) groups excluding carboxylic acids is 1. The average molecular weight is 134 g/mol. The SMILES string of the molecule is CSC(=O)NCCN. The van der Waals surface area contributed by atoms with Crippen molar-refractivity contribution in [2.45, 2.75) is 0 Å². The number of carbonyl (C=O) groups is 1. The Bertz CT molecular complexity index is 76.4. The highest BCUT2D eigenvalue weighted by Gasteiger charge is 1.91. The van der Waals surface area contributed by atoms with Crippen molar-refractivity contribution in [1.82, 2.24) is 5.32 Å². The summed E-state index contributed by atoms with van der Waals surface area (Å²) in [5.74, 6) is 0. The molecule has 0 aromatic rings. The zero-order chi connectivity index (χ0) is 6.41. The van der Waals surface area contributed by atoms with Gasteiger partial charge in [0, 0.05) is 13.1 Å². The van der Waals surface area contributed by atoms with Crippen LogP contribution < -0.4 is 11.1 Å². The van der Waals surface area contributed by atoms with Crippen LogP contribution in [0.4, 0.5) is 4.79 Å². The first-order chi connectivity index (χ1) is 3.81. The summed E-state index contributed by atoms with van der Waals surface area (Å²) in [6.07, 6.45) is 1.73. The molecular formula is C4H10N2OS. The van der Waals surface area contributed by atoms with Gasteiger partial charge in [-0.1, -0.05) is 11.8 Å². The van der Waals surface area contributed by atoms with E-state index in [2.05, 4.69) is 5.32 Å². The molecule has 0 saturated carbocycles. The van der Waals surface area contributed by atoms with Crippen molar-refractivity contribution >= 4 is 17.0 Å². The lowest BCUT2D eigenvalue weighted by Crippen LogP contribution is -2.25. The fourth-order valence-electron chi connectivity index (χ4n) is 0.246. The van der Waals surface area contributed by atoms with Crippen LogP contribution in [0.3, 0.4) is 0 Å². The highest BCUT2D eigenvalue weighted by molar-refractivity contribution is 8.12. The van der Waals surface area contributed by atoms with E-state index in [9.17, 15) is 4.79 Å². The zero-order valence-electron chi connectivity index (χ0n) is 4.81. The monoisotopic (exact) mass is 134 g/mol. The minimum atomic E-state index is -0.0181. The first-order valence-corrected chi connectivity index (χ1v) is 3.55. The lowest BCUT2D eigenvalue weighted by molar-refractivity contribution is 0.261. The lowest BCUT2D eigenvalue weighted by atomic mass is 10.7. The van der Waals surface area contributed by atoms with E-state index >= 15 is 0 Å². The molecule has 4 heteroatoms. The zero-order valence-corrected chi connectivity index (χ0v) is 5.62. The molecule has 0 rings (SSSR count). The highest BCUT2D eigenvalue weighted by Crippen LogP contribution is 1.90. The summed E-state index contributed by atoms with van der Waals surface area (Å²) < 4.78 is 0. The molecule has 1 amide bonds. The number of hydrogen-bond donors (Lipinski definition) is 2. The summed E-state index contributed by atoms with van der Waals surface area (Å²) in [7, 11) is 0. The Labute approximate surface area is 53.0 Å². The maximum Gasteiger partial charge on any atom is 0.278 e. The topological polar surface area (TPSA) is 55.1 Å². The molecule has 0 bridgehead atoms. The molecule has 0 atom stereocenters. The van der Waals surface area contributed by atoms with Gasteiger partial charge >= 0.3 is 0 Å². The van der Waals surface area contributed by atoms with Crippen molar-refractivity contribution in [3.8, 4) is 0 Å². The number of nitrogens with one attached hydrogen (secondary N) is 1. The number of amides is 1. The first kappa shape index (κ1) is 7.78. The molecule has 3 N–H and O–H groups in total. The van der Waals surface area contributed by atoms with E-state index in [1.54, 1.807) is 6.26 Å².